The molecule has 0 amide bonds. The van der Waals surface area contributed by atoms with E-state index in [0.29, 0.717) is 0 Å². The van der Waals surface area contributed by atoms with Gasteiger partial charge in [-0.1, -0.05) is 6.92 Å². The third-order valence-electron chi connectivity index (χ3n) is 2.59. The average molecular weight is 186 g/mol. The normalized spacial score (nSPS) is 29.4. The molecule has 2 N–H and O–H groups in total. The number of carboxylic acids is 1. The Kier molecular flexibility index (Phi) is 3.27. The summed E-state index contributed by atoms with van der Waals surface area (Å²) in [5, 5.41) is 12.1. The summed E-state index contributed by atoms with van der Waals surface area (Å²) in [6.45, 7) is 4.68. The molecule has 1 aliphatic heterocycles. The van der Waals surface area contributed by atoms with E-state index in [0.717, 1.165) is 26.1 Å². The number of likely N-dealkylation sites (N-methyl/N-ethyl adjacent to an activating group) is 2. The van der Waals surface area contributed by atoms with E-state index in [9.17, 15) is 4.79 Å². The number of nitrogens with zero attached hydrogens (tertiary/aromatic N) is 1. The van der Waals surface area contributed by atoms with Crippen molar-refractivity contribution in [3.63, 3.8) is 0 Å². The van der Waals surface area contributed by atoms with E-state index >= 15 is 0 Å². The molecule has 4 nitrogen and oxygen atoms in total. The van der Waals surface area contributed by atoms with Gasteiger partial charge in [-0.05, 0) is 26.6 Å². The standard InChI is InChI=1S/C9H18N2O2/c1-3-10-9(6-8(12)13)4-5-11(2)7-9/h10H,3-7H2,1-2H3,(H,12,13). The van der Waals surface area contributed by atoms with E-state index in [1.165, 1.54) is 0 Å². The first-order chi connectivity index (χ1) is 6.08. The summed E-state index contributed by atoms with van der Waals surface area (Å²) in [4.78, 5) is 12.9. The van der Waals surface area contributed by atoms with Crippen LogP contribution in [0.5, 0.6) is 0 Å². The lowest BCUT2D eigenvalue weighted by molar-refractivity contribution is -0.138. The lowest BCUT2D eigenvalue weighted by Crippen LogP contribution is -2.48. The molecule has 0 radical (unpaired) electrons. The first-order valence-electron chi connectivity index (χ1n) is 4.73. The zero-order valence-corrected chi connectivity index (χ0v) is 8.34. The number of likely N-dealkylation sites (tertiary alicyclic amines) is 1. The molecular weight excluding hydrogens is 168 g/mol. The second-order valence-corrected chi connectivity index (χ2v) is 3.87. The van der Waals surface area contributed by atoms with E-state index < -0.39 is 5.97 Å². The Morgan fingerprint density at radius 1 is 1.69 bits per heavy atom. The molecule has 0 bridgehead atoms. The maximum Gasteiger partial charge on any atom is 0.305 e. The van der Waals surface area contributed by atoms with Crippen LogP contribution in [0.3, 0.4) is 0 Å². The summed E-state index contributed by atoms with van der Waals surface area (Å²) in [5.41, 5.74) is -0.185. The van der Waals surface area contributed by atoms with Gasteiger partial charge in [-0.15, -0.1) is 0 Å². The molecule has 4 heteroatoms. The van der Waals surface area contributed by atoms with Gasteiger partial charge in [0.2, 0.25) is 0 Å². The van der Waals surface area contributed by atoms with Crippen LogP contribution in [0.1, 0.15) is 19.8 Å². The molecule has 0 saturated carbocycles. The van der Waals surface area contributed by atoms with Crippen molar-refractivity contribution in [3.05, 3.63) is 0 Å². The molecule has 13 heavy (non-hydrogen) atoms. The van der Waals surface area contributed by atoms with Crippen LogP contribution in [0.15, 0.2) is 0 Å². The Hall–Kier alpha value is -0.610. The van der Waals surface area contributed by atoms with Crippen LogP contribution in [0.4, 0.5) is 0 Å². The molecule has 1 saturated heterocycles. The van der Waals surface area contributed by atoms with Crippen LogP contribution in [0, 0.1) is 0 Å². The highest BCUT2D eigenvalue weighted by atomic mass is 16.4. The van der Waals surface area contributed by atoms with Gasteiger partial charge in [0, 0.05) is 12.1 Å². The highest BCUT2D eigenvalue weighted by molar-refractivity contribution is 5.68. The molecule has 1 aliphatic rings. The maximum absolute atomic E-state index is 10.7. The fourth-order valence-corrected chi connectivity index (χ4v) is 2.10. The Balaban J connectivity index is 2.59. The first-order valence-corrected chi connectivity index (χ1v) is 4.73. The zero-order valence-electron chi connectivity index (χ0n) is 8.34. The van der Waals surface area contributed by atoms with Crippen LogP contribution in [0.25, 0.3) is 0 Å². The summed E-state index contributed by atoms with van der Waals surface area (Å²) in [7, 11) is 2.03. The SMILES string of the molecule is CCNC1(CC(=O)O)CCN(C)C1. The maximum atomic E-state index is 10.7. The van der Waals surface area contributed by atoms with Crippen LogP contribution in [-0.2, 0) is 4.79 Å². The van der Waals surface area contributed by atoms with Gasteiger partial charge < -0.3 is 15.3 Å². The Bertz CT molecular complexity index is 192. The molecule has 0 aliphatic carbocycles. The van der Waals surface area contributed by atoms with Gasteiger partial charge in [0.15, 0.2) is 0 Å². The molecule has 0 aromatic carbocycles. The van der Waals surface area contributed by atoms with Crippen molar-refractivity contribution in [1.82, 2.24) is 10.2 Å². The Morgan fingerprint density at radius 3 is 2.77 bits per heavy atom. The smallest absolute Gasteiger partial charge is 0.305 e. The number of rotatable bonds is 4. The number of hydrogen-bond acceptors (Lipinski definition) is 3. The highest BCUT2D eigenvalue weighted by Gasteiger charge is 2.37. The third-order valence-corrected chi connectivity index (χ3v) is 2.59. The van der Waals surface area contributed by atoms with Gasteiger partial charge in [-0.2, -0.15) is 0 Å². The lowest BCUT2D eigenvalue weighted by Gasteiger charge is -2.28. The molecule has 1 unspecified atom stereocenters. The topological polar surface area (TPSA) is 52.6 Å². The summed E-state index contributed by atoms with van der Waals surface area (Å²) >= 11 is 0. The number of carbonyl (C=O) groups is 1. The predicted octanol–water partition coefficient (Wildman–Crippen LogP) is 0.145. The molecule has 1 atom stereocenters. The number of aliphatic carboxylic acids is 1. The number of hydrogen-bond donors (Lipinski definition) is 2. The average Bonchev–Trinajstić information content (AvgIpc) is 2.31. The first kappa shape index (κ1) is 10.5. The molecule has 1 fully saturated rings. The summed E-state index contributed by atoms with van der Waals surface area (Å²) in [6, 6.07) is 0. The van der Waals surface area contributed by atoms with Crippen LogP contribution >= 0.6 is 0 Å². The monoisotopic (exact) mass is 186 g/mol. The summed E-state index contributed by atoms with van der Waals surface area (Å²) in [6.07, 6.45) is 1.16. The highest BCUT2D eigenvalue weighted by Crippen LogP contribution is 2.23. The van der Waals surface area contributed by atoms with Crippen molar-refractivity contribution in [2.75, 3.05) is 26.7 Å². The molecule has 0 spiro atoms. The minimum atomic E-state index is -0.712. The van der Waals surface area contributed by atoms with E-state index in [1.54, 1.807) is 0 Å². The minimum Gasteiger partial charge on any atom is -0.481 e. The van der Waals surface area contributed by atoms with Crippen LogP contribution in [0.2, 0.25) is 0 Å². The summed E-state index contributed by atoms with van der Waals surface area (Å²) in [5.74, 6) is -0.712. The Labute approximate surface area is 78.9 Å². The molecular formula is C9H18N2O2. The lowest BCUT2D eigenvalue weighted by atomic mass is 9.94. The quantitative estimate of drug-likeness (QED) is 0.656. The van der Waals surface area contributed by atoms with Crippen LogP contribution in [-0.4, -0.2) is 48.2 Å². The third kappa shape index (κ3) is 2.67. The van der Waals surface area contributed by atoms with Crippen LogP contribution < -0.4 is 5.32 Å². The van der Waals surface area contributed by atoms with Crippen molar-refractivity contribution in [2.45, 2.75) is 25.3 Å². The molecule has 0 aromatic heterocycles. The molecule has 76 valence electrons. The molecule has 1 rings (SSSR count). The van der Waals surface area contributed by atoms with E-state index in [2.05, 4.69) is 10.2 Å². The zero-order chi connectivity index (χ0) is 9.90. The number of carboxylic acid groups (broad SMARTS) is 1. The summed E-state index contributed by atoms with van der Waals surface area (Å²) < 4.78 is 0. The van der Waals surface area contributed by atoms with Crippen molar-refractivity contribution in [3.8, 4) is 0 Å². The van der Waals surface area contributed by atoms with Gasteiger partial charge in [0.25, 0.3) is 0 Å². The largest absolute Gasteiger partial charge is 0.481 e. The fourth-order valence-electron chi connectivity index (χ4n) is 2.10. The second kappa shape index (κ2) is 4.07. The second-order valence-electron chi connectivity index (χ2n) is 3.87. The molecule has 1 heterocycles. The van der Waals surface area contributed by atoms with Crippen molar-refractivity contribution in [1.29, 1.82) is 0 Å². The van der Waals surface area contributed by atoms with E-state index in [4.69, 9.17) is 5.11 Å². The van der Waals surface area contributed by atoms with E-state index in [1.807, 2.05) is 14.0 Å². The molecule has 0 aromatic rings. The van der Waals surface area contributed by atoms with Crippen molar-refractivity contribution < 1.29 is 9.90 Å². The van der Waals surface area contributed by atoms with Gasteiger partial charge in [-0.25, -0.2) is 0 Å². The Morgan fingerprint density at radius 2 is 2.38 bits per heavy atom. The van der Waals surface area contributed by atoms with Gasteiger partial charge in [-0.3, -0.25) is 4.79 Å². The van der Waals surface area contributed by atoms with Crippen molar-refractivity contribution >= 4 is 5.97 Å². The van der Waals surface area contributed by atoms with Crippen molar-refractivity contribution in [2.24, 2.45) is 0 Å². The predicted molar refractivity (Wildman–Crippen MR) is 50.8 cm³/mol. The fraction of sp³-hybridized carbons (Fsp3) is 0.889. The van der Waals surface area contributed by atoms with Gasteiger partial charge in [0.1, 0.15) is 0 Å². The minimum absolute atomic E-state index is 0.185. The van der Waals surface area contributed by atoms with Gasteiger partial charge in [0.05, 0.1) is 6.42 Å². The van der Waals surface area contributed by atoms with Gasteiger partial charge >= 0.3 is 5.97 Å². The number of nitrogens with one attached hydrogen (secondary N) is 1. The van der Waals surface area contributed by atoms with E-state index in [-0.39, 0.29) is 12.0 Å².